The number of aliphatic hydroxyl groups excluding tert-OH is 2. The summed E-state index contributed by atoms with van der Waals surface area (Å²) < 4.78 is 0. The molecule has 0 aromatic rings. The molecule has 4 heteroatoms. The molecule has 0 aliphatic rings. The Balaban J connectivity index is 3.78. The molecule has 0 radical (unpaired) electrons. The molecule has 0 aromatic carbocycles. The first-order chi connectivity index (χ1) is 11.6. The molecule has 0 aliphatic carbocycles. The summed E-state index contributed by atoms with van der Waals surface area (Å²) in [5.41, 5.74) is 0. The molecule has 0 saturated carbocycles. The molecule has 24 heavy (non-hydrogen) atoms. The SMILES string of the molecule is CCCCCC(O)C(O)C=CC=CC=CCC=CCCCC(=O)O. The molecule has 0 fully saturated rings. The number of carboxylic acids is 1. The molecule has 2 atom stereocenters. The van der Waals surface area contributed by atoms with Gasteiger partial charge in [0.2, 0.25) is 0 Å². The van der Waals surface area contributed by atoms with Gasteiger partial charge in [-0.05, 0) is 25.7 Å². The molecule has 0 aromatic heterocycles. The number of aliphatic hydroxyl groups is 2. The molecule has 4 nitrogen and oxygen atoms in total. The number of allylic oxidation sites excluding steroid dienone is 7. The minimum atomic E-state index is -0.816. The molecule has 136 valence electrons. The lowest BCUT2D eigenvalue weighted by Crippen LogP contribution is -2.23. The maximum Gasteiger partial charge on any atom is 0.303 e. The monoisotopic (exact) mass is 336 g/mol. The van der Waals surface area contributed by atoms with Crippen LogP contribution in [0.4, 0.5) is 0 Å². The molecule has 0 rings (SSSR count). The fourth-order valence-electron chi connectivity index (χ4n) is 2.03. The maximum atomic E-state index is 10.3. The van der Waals surface area contributed by atoms with E-state index in [1.165, 1.54) is 0 Å². The lowest BCUT2D eigenvalue weighted by atomic mass is 10.1. The van der Waals surface area contributed by atoms with Crippen molar-refractivity contribution in [3.8, 4) is 0 Å². The highest BCUT2D eigenvalue weighted by molar-refractivity contribution is 5.66. The normalized spacial score (nSPS) is 15.1. The number of aliphatic carboxylic acids is 1. The number of rotatable bonds is 14. The van der Waals surface area contributed by atoms with Crippen molar-refractivity contribution in [2.24, 2.45) is 0 Å². The quantitative estimate of drug-likeness (QED) is 0.253. The molecule has 0 aliphatic heterocycles. The topological polar surface area (TPSA) is 77.8 Å². The van der Waals surface area contributed by atoms with E-state index in [2.05, 4.69) is 6.92 Å². The van der Waals surface area contributed by atoms with Gasteiger partial charge >= 0.3 is 5.97 Å². The predicted molar refractivity (Wildman–Crippen MR) is 98.8 cm³/mol. The van der Waals surface area contributed by atoms with Crippen LogP contribution >= 0.6 is 0 Å². The number of unbranched alkanes of at least 4 members (excludes halogenated alkanes) is 3. The first-order valence-corrected chi connectivity index (χ1v) is 8.80. The first kappa shape index (κ1) is 22.4. The molecule has 0 saturated heterocycles. The second-order valence-electron chi connectivity index (χ2n) is 5.74. The number of hydrogen-bond donors (Lipinski definition) is 3. The third-order valence-corrected chi connectivity index (χ3v) is 3.48. The van der Waals surface area contributed by atoms with Crippen LogP contribution in [0, 0.1) is 0 Å². The van der Waals surface area contributed by atoms with Crippen molar-refractivity contribution in [2.75, 3.05) is 0 Å². The third-order valence-electron chi connectivity index (χ3n) is 3.48. The Labute approximate surface area is 145 Å². The van der Waals surface area contributed by atoms with Gasteiger partial charge in [-0.2, -0.15) is 0 Å². The number of hydrogen-bond acceptors (Lipinski definition) is 3. The molecule has 0 heterocycles. The van der Waals surface area contributed by atoms with E-state index in [1.54, 1.807) is 12.2 Å². The van der Waals surface area contributed by atoms with Crippen LogP contribution in [0.1, 0.15) is 58.3 Å². The zero-order valence-corrected chi connectivity index (χ0v) is 14.7. The average Bonchev–Trinajstić information content (AvgIpc) is 2.55. The Morgan fingerprint density at radius 1 is 0.958 bits per heavy atom. The van der Waals surface area contributed by atoms with Gasteiger partial charge < -0.3 is 15.3 Å². The zero-order chi connectivity index (χ0) is 18.0. The van der Waals surface area contributed by atoms with E-state index in [4.69, 9.17) is 5.11 Å². The summed E-state index contributed by atoms with van der Waals surface area (Å²) in [6, 6.07) is 0. The van der Waals surface area contributed by atoms with Gasteiger partial charge in [0.05, 0.1) is 12.2 Å². The molecule has 2 unspecified atom stereocenters. The van der Waals surface area contributed by atoms with Crippen molar-refractivity contribution in [1.82, 2.24) is 0 Å². The van der Waals surface area contributed by atoms with Crippen molar-refractivity contribution >= 4 is 5.97 Å². The van der Waals surface area contributed by atoms with Crippen molar-refractivity contribution in [1.29, 1.82) is 0 Å². The van der Waals surface area contributed by atoms with Crippen LogP contribution in [0.25, 0.3) is 0 Å². The van der Waals surface area contributed by atoms with E-state index in [0.29, 0.717) is 12.8 Å². The minimum Gasteiger partial charge on any atom is -0.481 e. The van der Waals surface area contributed by atoms with E-state index >= 15 is 0 Å². The van der Waals surface area contributed by atoms with Gasteiger partial charge in [0.25, 0.3) is 0 Å². The van der Waals surface area contributed by atoms with Crippen LogP contribution in [0.5, 0.6) is 0 Å². The smallest absolute Gasteiger partial charge is 0.303 e. The Morgan fingerprint density at radius 2 is 1.71 bits per heavy atom. The van der Waals surface area contributed by atoms with Gasteiger partial charge in [0.1, 0.15) is 0 Å². The lowest BCUT2D eigenvalue weighted by molar-refractivity contribution is -0.137. The highest BCUT2D eigenvalue weighted by Gasteiger charge is 2.11. The van der Waals surface area contributed by atoms with Crippen molar-refractivity contribution in [3.63, 3.8) is 0 Å². The molecular formula is C20H32O4. The second-order valence-corrected chi connectivity index (χ2v) is 5.74. The van der Waals surface area contributed by atoms with E-state index in [9.17, 15) is 15.0 Å². The summed E-state index contributed by atoms with van der Waals surface area (Å²) in [4.78, 5) is 10.3. The highest BCUT2D eigenvalue weighted by atomic mass is 16.4. The summed E-state index contributed by atoms with van der Waals surface area (Å²) in [7, 11) is 0. The summed E-state index contributed by atoms with van der Waals surface area (Å²) in [5.74, 6) is -0.750. The maximum absolute atomic E-state index is 10.3. The van der Waals surface area contributed by atoms with Gasteiger partial charge in [-0.15, -0.1) is 0 Å². The number of carboxylic acid groups (broad SMARTS) is 1. The Bertz CT molecular complexity index is 421. The predicted octanol–water partition coefficient (Wildman–Crippen LogP) is 4.16. The summed E-state index contributed by atoms with van der Waals surface area (Å²) >= 11 is 0. The second kappa shape index (κ2) is 16.2. The molecule has 3 N–H and O–H groups in total. The fraction of sp³-hybridized carbons (Fsp3) is 0.550. The van der Waals surface area contributed by atoms with Crippen molar-refractivity contribution < 1.29 is 20.1 Å². The standard InChI is InChI=1S/C20H32O4/c1-2-3-12-15-18(21)19(22)16-13-10-8-6-4-5-7-9-11-14-17-20(23)24/h4,6-10,13,16,18-19,21-22H,2-3,5,11-12,14-15,17H2,1H3,(H,23,24). The third kappa shape index (κ3) is 15.3. The van der Waals surface area contributed by atoms with Gasteiger partial charge in [-0.3, -0.25) is 4.79 Å². The van der Waals surface area contributed by atoms with Crippen LogP contribution in [-0.4, -0.2) is 33.5 Å². The average molecular weight is 336 g/mol. The van der Waals surface area contributed by atoms with Crippen molar-refractivity contribution in [3.05, 3.63) is 48.6 Å². The van der Waals surface area contributed by atoms with Crippen LogP contribution in [-0.2, 0) is 4.79 Å². The minimum absolute atomic E-state index is 0.217. The molecule has 0 bridgehead atoms. The fourth-order valence-corrected chi connectivity index (χ4v) is 2.03. The Morgan fingerprint density at radius 3 is 2.42 bits per heavy atom. The van der Waals surface area contributed by atoms with Gasteiger partial charge in [0.15, 0.2) is 0 Å². The zero-order valence-electron chi connectivity index (χ0n) is 14.7. The highest BCUT2D eigenvalue weighted by Crippen LogP contribution is 2.07. The van der Waals surface area contributed by atoms with Crippen LogP contribution in [0.2, 0.25) is 0 Å². The molecular weight excluding hydrogens is 304 g/mol. The summed E-state index contributed by atoms with van der Waals surface area (Å²) in [6.07, 6.45) is 19.6. The van der Waals surface area contributed by atoms with Gasteiger partial charge in [0, 0.05) is 6.42 Å². The van der Waals surface area contributed by atoms with Crippen LogP contribution < -0.4 is 0 Å². The van der Waals surface area contributed by atoms with Gasteiger partial charge in [-0.1, -0.05) is 74.8 Å². The van der Waals surface area contributed by atoms with E-state index < -0.39 is 18.2 Å². The lowest BCUT2D eigenvalue weighted by Gasteiger charge is -2.13. The number of carbonyl (C=O) groups is 1. The molecule has 0 spiro atoms. The van der Waals surface area contributed by atoms with E-state index in [1.807, 2.05) is 36.5 Å². The summed E-state index contributed by atoms with van der Waals surface area (Å²) in [6.45, 7) is 2.11. The largest absolute Gasteiger partial charge is 0.481 e. The van der Waals surface area contributed by atoms with E-state index in [0.717, 1.165) is 32.1 Å². The van der Waals surface area contributed by atoms with Gasteiger partial charge in [-0.25, -0.2) is 0 Å². The van der Waals surface area contributed by atoms with Crippen molar-refractivity contribution in [2.45, 2.75) is 70.5 Å². The Kier molecular flexibility index (Phi) is 15.1. The first-order valence-electron chi connectivity index (χ1n) is 8.80. The van der Waals surface area contributed by atoms with E-state index in [-0.39, 0.29) is 6.42 Å². The Hall–Kier alpha value is -1.65. The van der Waals surface area contributed by atoms with Crippen LogP contribution in [0.15, 0.2) is 48.6 Å². The summed E-state index contributed by atoms with van der Waals surface area (Å²) in [5, 5.41) is 28.0. The molecule has 0 amide bonds. The van der Waals surface area contributed by atoms with Crippen LogP contribution in [0.3, 0.4) is 0 Å².